The predicted octanol–water partition coefficient (Wildman–Crippen LogP) is 4.37. The van der Waals surface area contributed by atoms with Crippen LogP contribution in [0.25, 0.3) is 10.4 Å². The standard InChI is InChI=1S/C19H17ClN2O3S2/c1-27(24,25)22-16-4-2-3-13(11-16)12-21-19(23)18-10-9-17(26-18)14-5-7-15(20)8-6-14/h2-11,22H,12H2,1H3,(H,21,23). The summed E-state index contributed by atoms with van der Waals surface area (Å²) in [6.45, 7) is 0.298. The number of thiophene rings is 1. The van der Waals surface area contributed by atoms with Crippen LogP contribution in [0.5, 0.6) is 0 Å². The maximum atomic E-state index is 12.4. The number of halogens is 1. The molecule has 27 heavy (non-hydrogen) atoms. The fourth-order valence-corrected chi connectivity index (χ4v) is 4.07. The van der Waals surface area contributed by atoms with Crippen molar-refractivity contribution in [3.63, 3.8) is 0 Å². The average Bonchev–Trinajstić information content (AvgIpc) is 3.09. The van der Waals surface area contributed by atoms with Crippen molar-refractivity contribution in [2.45, 2.75) is 6.54 Å². The highest BCUT2D eigenvalue weighted by molar-refractivity contribution is 7.92. The summed E-state index contributed by atoms with van der Waals surface area (Å²) >= 11 is 7.30. The number of hydrogen-bond acceptors (Lipinski definition) is 4. The number of nitrogens with one attached hydrogen (secondary N) is 2. The summed E-state index contributed by atoms with van der Waals surface area (Å²) in [4.78, 5) is 14.0. The first-order valence-electron chi connectivity index (χ1n) is 8.01. The molecule has 1 heterocycles. The molecule has 0 bridgehead atoms. The van der Waals surface area contributed by atoms with Crippen molar-refractivity contribution in [3.05, 3.63) is 76.1 Å². The molecular formula is C19H17ClN2O3S2. The molecule has 1 aromatic heterocycles. The van der Waals surface area contributed by atoms with Gasteiger partial charge in [-0.25, -0.2) is 8.42 Å². The number of sulfonamides is 1. The molecule has 0 unspecified atom stereocenters. The molecule has 0 saturated carbocycles. The maximum Gasteiger partial charge on any atom is 0.261 e. The van der Waals surface area contributed by atoms with E-state index in [2.05, 4.69) is 10.0 Å². The Morgan fingerprint density at radius 2 is 1.81 bits per heavy atom. The van der Waals surface area contributed by atoms with Gasteiger partial charge in [-0.15, -0.1) is 11.3 Å². The van der Waals surface area contributed by atoms with E-state index in [9.17, 15) is 13.2 Å². The molecule has 140 valence electrons. The summed E-state index contributed by atoms with van der Waals surface area (Å²) in [5.74, 6) is -0.179. The Bertz CT molecular complexity index is 1060. The average molecular weight is 421 g/mol. The van der Waals surface area contributed by atoms with Crippen molar-refractivity contribution >= 4 is 44.6 Å². The van der Waals surface area contributed by atoms with Gasteiger partial charge in [-0.1, -0.05) is 35.9 Å². The van der Waals surface area contributed by atoms with Gasteiger partial charge in [0.2, 0.25) is 10.0 Å². The summed E-state index contributed by atoms with van der Waals surface area (Å²) in [7, 11) is -3.34. The van der Waals surface area contributed by atoms with Crippen LogP contribution in [0.1, 0.15) is 15.2 Å². The first kappa shape index (κ1) is 19.4. The van der Waals surface area contributed by atoms with Crippen LogP contribution in [-0.2, 0) is 16.6 Å². The molecule has 0 aliphatic heterocycles. The maximum absolute atomic E-state index is 12.4. The molecule has 0 aliphatic rings. The van der Waals surface area contributed by atoms with Crippen molar-refractivity contribution in [2.24, 2.45) is 0 Å². The van der Waals surface area contributed by atoms with E-state index in [4.69, 9.17) is 11.6 Å². The van der Waals surface area contributed by atoms with Crippen LogP contribution in [-0.4, -0.2) is 20.6 Å². The van der Waals surface area contributed by atoms with E-state index in [1.165, 1.54) is 11.3 Å². The predicted molar refractivity (Wildman–Crippen MR) is 111 cm³/mol. The van der Waals surface area contributed by atoms with Gasteiger partial charge >= 0.3 is 0 Å². The summed E-state index contributed by atoms with van der Waals surface area (Å²) in [5, 5.41) is 3.52. The third kappa shape index (κ3) is 5.56. The van der Waals surface area contributed by atoms with E-state index in [0.29, 0.717) is 22.1 Å². The summed E-state index contributed by atoms with van der Waals surface area (Å²) < 4.78 is 25.0. The molecule has 0 fully saturated rings. The molecule has 8 heteroatoms. The van der Waals surface area contributed by atoms with Gasteiger partial charge in [-0.3, -0.25) is 9.52 Å². The van der Waals surface area contributed by atoms with Gasteiger partial charge in [0, 0.05) is 22.1 Å². The van der Waals surface area contributed by atoms with Crippen LogP contribution in [0.3, 0.4) is 0 Å². The van der Waals surface area contributed by atoms with Crippen LogP contribution in [0.2, 0.25) is 5.02 Å². The van der Waals surface area contributed by atoms with Crippen molar-refractivity contribution < 1.29 is 13.2 Å². The fraction of sp³-hybridized carbons (Fsp3) is 0.105. The minimum absolute atomic E-state index is 0.179. The second kappa shape index (κ2) is 8.12. The molecule has 3 rings (SSSR count). The molecule has 1 amide bonds. The Kier molecular flexibility index (Phi) is 5.84. The zero-order chi connectivity index (χ0) is 19.4. The van der Waals surface area contributed by atoms with Gasteiger partial charge < -0.3 is 5.32 Å². The lowest BCUT2D eigenvalue weighted by Crippen LogP contribution is -2.21. The molecule has 0 radical (unpaired) electrons. The molecule has 0 atom stereocenters. The first-order valence-corrected chi connectivity index (χ1v) is 11.1. The Morgan fingerprint density at radius 3 is 2.52 bits per heavy atom. The van der Waals surface area contributed by atoms with E-state index < -0.39 is 10.0 Å². The van der Waals surface area contributed by atoms with Gasteiger partial charge in [0.15, 0.2) is 0 Å². The van der Waals surface area contributed by atoms with Gasteiger partial charge in [-0.2, -0.15) is 0 Å². The lowest BCUT2D eigenvalue weighted by molar-refractivity contribution is 0.0955. The zero-order valence-corrected chi connectivity index (χ0v) is 16.8. The Balaban J connectivity index is 1.65. The van der Waals surface area contributed by atoms with E-state index in [1.54, 1.807) is 24.3 Å². The Labute approximate surface area is 167 Å². The summed E-state index contributed by atoms with van der Waals surface area (Å²) in [6.07, 6.45) is 1.09. The van der Waals surface area contributed by atoms with Crippen LogP contribution in [0, 0.1) is 0 Å². The number of rotatable bonds is 6. The van der Waals surface area contributed by atoms with Crippen LogP contribution >= 0.6 is 22.9 Å². The third-order valence-corrected chi connectivity index (χ3v) is 5.63. The first-order chi connectivity index (χ1) is 12.8. The zero-order valence-electron chi connectivity index (χ0n) is 14.4. The van der Waals surface area contributed by atoms with Crippen molar-refractivity contribution in [3.8, 4) is 10.4 Å². The van der Waals surface area contributed by atoms with Gasteiger partial charge in [-0.05, 0) is 47.5 Å². The molecule has 2 N–H and O–H groups in total. The minimum atomic E-state index is -3.34. The third-order valence-electron chi connectivity index (χ3n) is 3.64. The summed E-state index contributed by atoms with van der Waals surface area (Å²) in [6, 6.07) is 18.0. The largest absolute Gasteiger partial charge is 0.347 e. The topological polar surface area (TPSA) is 75.3 Å². The second-order valence-corrected chi connectivity index (χ2v) is 9.20. The van der Waals surface area contributed by atoms with Crippen molar-refractivity contribution in [2.75, 3.05) is 11.0 Å². The molecule has 2 aromatic carbocycles. The molecule has 0 saturated heterocycles. The lowest BCUT2D eigenvalue weighted by Gasteiger charge is -2.07. The monoisotopic (exact) mass is 420 g/mol. The molecule has 0 aliphatic carbocycles. The van der Waals surface area contributed by atoms with Gasteiger partial charge in [0.05, 0.1) is 11.1 Å². The second-order valence-electron chi connectivity index (χ2n) is 5.93. The Morgan fingerprint density at radius 1 is 1.07 bits per heavy atom. The number of anilines is 1. The fourth-order valence-electron chi connectivity index (χ4n) is 2.46. The van der Waals surface area contributed by atoms with Crippen molar-refractivity contribution in [1.82, 2.24) is 5.32 Å². The van der Waals surface area contributed by atoms with Crippen LogP contribution in [0.15, 0.2) is 60.7 Å². The van der Waals surface area contributed by atoms with Crippen molar-refractivity contribution in [1.29, 1.82) is 0 Å². The molecule has 3 aromatic rings. The number of hydrogen-bond donors (Lipinski definition) is 2. The van der Waals surface area contributed by atoms with Crippen LogP contribution < -0.4 is 10.0 Å². The minimum Gasteiger partial charge on any atom is -0.347 e. The van der Waals surface area contributed by atoms with Crippen LogP contribution in [0.4, 0.5) is 5.69 Å². The van der Waals surface area contributed by atoms with E-state index >= 15 is 0 Å². The molecular weight excluding hydrogens is 404 g/mol. The number of carbonyl (C=O) groups excluding carboxylic acids is 1. The smallest absolute Gasteiger partial charge is 0.261 e. The van der Waals surface area contributed by atoms with E-state index in [-0.39, 0.29) is 5.91 Å². The summed E-state index contributed by atoms with van der Waals surface area (Å²) in [5.41, 5.74) is 2.26. The quantitative estimate of drug-likeness (QED) is 0.621. The SMILES string of the molecule is CS(=O)(=O)Nc1cccc(CNC(=O)c2ccc(-c3ccc(Cl)cc3)s2)c1. The highest BCUT2D eigenvalue weighted by Crippen LogP contribution is 2.29. The van der Waals surface area contributed by atoms with E-state index in [1.807, 2.05) is 36.4 Å². The number of benzene rings is 2. The number of amides is 1. The number of carbonyl (C=O) groups is 1. The van der Waals surface area contributed by atoms with E-state index in [0.717, 1.165) is 22.3 Å². The highest BCUT2D eigenvalue weighted by atomic mass is 35.5. The van der Waals surface area contributed by atoms with Gasteiger partial charge in [0.25, 0.3) is 5.91 Å². The molecule has 0 spiro atoms. The lowest BCUT2D eigenvalue weighted by atomic mass is 10.2. The highest BCUT2D eigenvalue weighted by Gasteiger charge is 2.10. The Hall–Kier alpha value is -2.35. The van der Waals surface area contributed by atoms with Gasteiger partial charge in [0.1, 0.15) is 0 Å². The molecule has 5 nitrogen and oxygen atoms in total. The normalized spacial score (nSPS) is 11.2.